The number of para-hydroxylation sites is 2. The van der Waals surface area contributed by atoms with Crippen molar-refractivity contribution in [1.82, 2.24) is 0 Å². The Kier molecular flexibility index (Phi) is 4.25. The van der Waals surface area contributed by atoms with Crippen LogP contribution >= 0.6 is 0 Å². The summed E-state index contributed by atoms with van der Waals surface area (Å²) < 4.78 is 5.13. The van der Waals surface area contributed by atoms with Crippen molar-refractivity contribution in [2.45, 2.75) is 6.61 Å². The number of esters is 1. The lowest BCUT2D eigenvalue weighted by molar-refractivity contribution is -0.140. The van der Waals surface area contributed by atoms with Crippen molar-refractivity contribution in [3.63, 3.8) is 0 Å². The van der Waals surface area contributed by atoms with E-state index in [-0.39, 0.29) is 17.9 Å². The highest BCUT2D eigenvalue weighted by Gasteiger charge is 2.27. The van der Waals surface area contributed by atoms with Gasteiger partial charge in [-0.2, -0.15) is 5.26 Å². The molecule has 1 aliphatic rings. The van der Waals surface area contributed by atoms with Crippen LogP contribution in [0.1, 0.15) is 5.56 Å². The number of hydrogen-bond acceptors (Lipinski definition) is 5. The number of nitrogens with zero attached hydrogens (tertiary/aromatic N) is 1. The van der Waals surface area contributed by atoms with Crippen LogP contribution in [0.2, 0.25) is 0 Å². The molecule has 118 valence electrons. The first-order valence-electron chi connectivity index (χ1n) is 7.22. The molecule has 0 fully saturated rings. The van der Waals surface area contributed by atoms with E-state index in [1.54, 1.807) is 42.5 Å². The molecule has 24 heavy (non-hydrogen) atoms. The fourth-order valence-electron chi connectivity index (χ4n) is 2.25. The van der Waals surface area contributed by atoms with Crippen LogP contribution in [0.4, 0.5) is 11.4 Å². The molecule has 6 heteroatoms. The lowest BCUT2D eigenvalue weighted by Crippen LogP contribution is -2.28. The summed E-state index contributed by atoms with van der Waals surface area (Å²) >= 11 is 0. The van der Waals surface area contributed by atoms with Crippen LogP contribution in [0, 0.1) is 11.3 Å². The molecule has 2 aromatic rings. The summed E-state index contributed by atoms with van der Waals surface area (Å²) in [4.78, 5) is 24.3. The first-order valence-corrected chi connectivity index (χ1v) is 7.22. The van der Waals surface area contributed by atoms with Gasteiger partial charge in [0.25, 0.3) is 5.91 Å². The Morgan fingerprint density at radius 1 is 1.00 bits per heavy atom. The van der Waals surface area contributed by atoms with Gasteiger partial charge in [-0.05, 0) is 17.7 Å². The molecule has 1 aliphatic heterocycles. The van der Waals surface area contributed by atoms with Crippen molar-refractivity contribution >= 4 is 23.3 Å². The Balaban J connectivity index is 1.82. The number of hydrogen-bond donors (Lipinski definition) is 2. The maximum absolute atomic E-state index is 12.2. The maximum Gasteiger partial charge on any atom is 0.351 e. The second-order valence-corrected chi connectivity index (χ2v) is 5.05. The minimum atomic E-state index is -0.849. The van der Waals surface area contributed by atoms with Crippen LogP contribution in [-0.2, 0) is 20.9 Å². The van der Waals surface area contributed by atoms with E-state index in [9.17, 15) is 14.9 Å². The summed E-state index contributed by atoms with van der Waals surface area (Å²) in [5.41, 5.74) is 1.50. The average Bonchev–Trinajstić information content (AvgIpc) is 2.62. The monoisotopic (exact) mass is 319 g/mol. The van der Waals surface area contributed by atoms with E-state index >= 15 is 0 Å². The van der Waals surface area contributed by atoms with Gasteiger partial charge in [0.2, 0.25) is 0 Å². The van der Waals surface area contributed by atoms with Crippen LogP contribution in [0.5, 0.6) is 0 Å². The molecule has 0 saturated heterocycles. The second-order valence-electron chi connectivity index (χ2n) is 5.05. The van der Waals surface area contributed by atoms with E-state index in [0.717, 1.165) is 5.56 Å². The summed E-state index contributed by atoms with van der Waals surface area (Å²) in [6.45, 7) is 0.0241. The highest BCUT2D eigenvalue weighted by molar-refractivity contribution is 6.15. The molecule has 0 radical (unpaired) electrons. The first kappa shape index (κ1) is 15.3. The molecule has 3 rings (SSSR count). The smallest absolute Gasteiger partial charge is 0.351 e. The molecule has 2 N–H and O–H groups in total. The number of amides is 1. The molecular weight excluding hydrogens is 306 g/mol. The third-order valence-electron chi connectivity index (χ3n) is 3.44. The van der Waals surface area contributed by atoms with E-state index in [1.807, 2.05) is 18.2 Å². The summed E-state index contributed by atoms with van der Waals surface area (Å²) in [7, 11) is 0. The molecule has 1 heterocycles. The van der Waals surface area contributed by atoms with E-state index in [1.165, 1.54) is 0 Å². The Morgan fingerprint density at radius 2 is 1.62 bits per heavy atom. The van der Waals surface area contributed by atoms with Gasteiger partial charge < -0.3 is 15.4 Å². The summed E-state index contributed by atoms with van der Waals surface area (Å²) in [5, 5.41) is 14.7. The zero-order valence-electron chi connectivity index (χ0n) is 12.6. The standard InChI is InChI=1S/C18H13N3O3/c19-10-13(18(23)24-11-12-6-2-1-3-7-12)16-17(22)21-15-9-5-4-8-14(15)20-16/h1-9,20H,11H2,(H,21,22)/b16-13-. The van der Waals surface area contributed by atoms with Crippen molar-refractivity contribution in [3.05, 3.63) is 71.4 Å². The lowest BCUT2D eigenvalue weighted by Gasteiger charge is -2.21. The van der Waals surface area contributed by atoms with Crippen LogP contribution < -0.4 is 10.6 Å². The van der Waals surface area contributed by atoms with Gasteiger partial charge in [-0.3, -0.25) is 4.79 Å². The van der Waals surface area contributed by atoms with Crippen molar-refractivity contribution in [1.29, 1.82) is 5.26 Å². The van der Waals surface area contributed by atoms with Crippen molar-refractivity contribution in [3.8, 4) is 6.07 Å². The molecule has 0 aromatic heterocycles. The highest BCUT2D eigenvalue weighted by atomic mass is 16.5. The lowest BCUT2D eigenvalue weighted by atomic mass is 10.1. The number of nitrogens with one attached hydrogen (secondary N) is 2. The summed E-state index contributed by atoms with van der Waals surface area (Å²) in [6, 6.07) is 17.8. The summed E-state index contributed by atoms with van der Waals surface area (Å²) in [5.74, 6) is -1.40. The number of fused-ring (bicyclic) bond motifs is 1. The largest absolute Gasteiger partial charge is 0.457 e. The van der Waals surface area contributed by atoms with Gasteiger partial charge in [0.05, 0.1) is 11.4 Å². The molecule has 0 atom stereocenters. The van der Waals surface area contributed by atoms with Gasteiger partial charge in [0, 0.05) is 0 Å². The van der Waals surface area contributed by atoms with Crippen LogP contribution in [-0.4, -0.2) is 11.9 Å². The van der Waals surface area contributed by atoms with Crippen molar-refractivity contribution in [2.24, 2.45) is 0 Å². The molecule has 0 aliphatic carbocycles. The molecule has 0 unspecified atom stereocenters. The molecular formula is C18H13N3O3. The number of nitriles is 1. The normalized spacial score (nSPS) is 14.5. The maximum atomic E-state index is 12.2. The number of benzene rings is 2. The van der Waals surface area contributed by atoms with E-state index < -0.39 is 11.9 Å². The van der Waals surface area contributed by atoms with Gasteiger partial charge in [-0.15, -0.1) is 0 Å². The van der Waals surface area contributed by atoms with Crippen LogP contribution in [0.3, 0.4) is 0 Å². The highest BCUT2D eigenvalue weighted by Crippen LogP contribution is 2.28. The van der Waals surface area contributed by atoms with Crippen molar-refractivity contribution in [2.75, 3.05) is 10.6 Å². The molecule has 0 spiro atoms. The van der Waals surface area contributed by atoms with Gasteiger partial charge >= 0.3 is 5.97 Å². The zero-order valence-corrected chi connectivity index (χ0v) is 12.6. The average molecular weight is 319 g/mol. The number of carbonyl (C=O) groups is 2. The molecule has 1 amide bonds. The van der Waals surface area contributed by atoms with Gasteiger partial charge in [-0.1, -0.05) is 42.5 Å². The SMILES string of the molecule is N#C/C(C(=O)OCc1ccccc1)=C1/Nc2ccccc2NC1=O. The molecule has 0 saturated carbocycles. The third-order valence-corrected chi connectivity index (χ3v) is 3.44. The number of carbonyl (C=O) groups excluding carboxylic acids is 2. The number of ether oxygens (including phenoxy) is 1. The summed E-state index contributed by atoms with van der Waals surface area (Å²) in [6.07, 6.45) is 0. The predicted molar refractivity (Wildman–Crippen MR) is 87.6 cm³/mol. The van der Waals surface area contributed by atoms with Crippen LogP contribution in [0.15, 0.2) is 65.9 Å². The van der Waals surface area contributed by atoms with Gasteiger partial charge in [0.15, 0.2) is 5.57 Å². The molecule has 0 bridgehead atoms. The Hall–Kier alpha value is -3.59. The topological polar surface area (TPSA) is 91.2 Å². The van der Waals surface area contributed by atoms with E-state index in [2.05, 4.69) is 10.6 Å². The van der Waals surface area contributed by atoms with Crippen LogP contribution in [0.25, 0.3) is 0 Å². The molecule has 6 nitrogen and oxygen atoms in total. The Morgan fingerprint density at radius 3 is 2.29 bits per heavy atom. The second kappa shape index (κ2) is 6.67. The fraction of sp³-hybridized carbons (Fsp3) is 0.0556. The van der Waals surface area contributed by atoms with Gasteiger partial charge in [-0.25, -0.2) is 4.79 Å². The quantitative estimate of drug-likeness (QED) is 0.515. The van der Waals surface area contributed by atoms with Gasteiger partial charge in [0.1, 0.15) is 18.4 Å². The number of rotatable bonds is 3. The number of anilines is 2. The molecule has 2 aromatic carbocycles. The van der Waals surface area contributed by atoms with Crippen molar-refractivity contribution < 1.29 is 14.3 Å². The Labute approximate surface area is 138 Å². The van der Waals surface area contributed by atoms with E-state index in [0.29, 0.717) is 11.4 Å². The predicted octanol–water partition coefficient (Wildman–Crippen LogP) is 2.57. The fourth-order valence-corrected chi connectivity index (χ4v) is 2.25. The van der Waals surface area contributed by atoms with E-state index in [4.69, 9.17) is 4.74 Å². The zero-order chi connectivity index (χ0) is 16.9. The first-order chi connectivity index (χ1) is 11.7. The third kappa shape index (κ3) is 3.10. The Bertz CT molecular complexity index is 867. The minimum absolute atomic E-state index is 0.0241. The minimum Gasteiger partial charge on any atom is -0.457 e.